The molecule has 4 heteroatoms. The minimum Gasteiger partial charge on any atom is -0.465 e. The molecule has 0 aliphatic heterocycles. The lowest BCUT2D eigenvalue weighted by Gasteiger charge is -2.50. The maximum Gasteiger partial charge on any atom is 0.314 e. The normalized spacial score (nSPS) is 30.9. The van der Waals surface area contributed by atoms with Crippen LogP contribution >= 0.6 is 0 Å². The molecule has 0 bridgehead atoms. The van der Waals surface area contributed by atoms with E-state index >= 15 is 0 Å². The molecule has 1 rings (SSSR count). The van der Waals surface area contributed by atoms with E-state index in [4.69, 9.17) is 9.47 Å². The molecule has 0 unspecified atom stereocenters. The average molecular weight is 216 g/mol. The molecule has 0 radical (unpaired) electrons. The van der Waals surface area contributed by atoms with Crippen molar-refractivity contribution in [3.05, 3.63) is 0 Å². The Morgan fingerprint density at radius 3 is 2.47 bits per heavy atom. The van der Waals surface area contributed by atoms with E-state index in [-0.39, 0.29) is 12.1 Å². The summed E-state index contributed by atoms with van der Waals surface area (Å²) in [5, 5.41) is 10.3. The summed E-state index contributed by atoms with van der Waals surface area (Å²) in [6.07, 6.45) is 1.05. The van der Waals surface area contributed by atoms with Crippen LogP contribution in [0.4, 0.5) is 0 Å². The summed E-state index contributed by atoms with van der Waals surface area (Å²) in [5.74, 6) is -0.345. The third-order valence-electron chi connectivity index (χ3n) is 3.41. The first-order valence-electron chi connectivity index (χ1n) is 5.30. The molecule has 1 aliphatic carbocycles. The van der Waals surface area contributed by atoms with Crippen LogP contribution in [-0.2, 0) is 14.3 Å². The molecule has 1 fully saturated rings. The number of methoxy groups -OCH3 is 1. The van der Waals surface area contributed by atoms with E-state index in [1.165, 1.54) is 0 Å². The van der Waals surface area contributed by atoms with Crippen LogP contribution in [0.15, 0.2) is 0 Å². The SMILES string of the molecule is CCOC(=O)C(C)(C)C1(O)CC(OC)C1. The summed E-state index contributed by atoms with van der Waals surface area (Å²) in [4.78, 5) is 11.7. The summed E-state index contributed by atoms with van der Waals surface area (Å²) in [6, 6.07) is 0. The average Bonchev–Trinajstić information content (AvgIpc) is 2.12. The van der Waals surface area contributed by atoms with Gasteiger partial charge in [-0.05, 0) is 20.8 Å². The fourth-order valence-electron chi connectivity index (χ4n) is 1.87. The van der Waals surface area contributed by atoms with Crippen molar-refractivity contribution >= 4 is 5.97 Å². The number of esters is 1. The van der Waals surface area contributed by atoms with Crippen LogP contribution in [0.25, 0.3) is 0 Å². The smallest absolute Gasteiger partial charge is 0.314 e. The van der Waals surface area contributed by atoms with Crippen molar-refractivity contribution in [3.8, 4) is 0 Å². The molecule has 15 heavy (non-hydrogen) atoms. The highest BCUT2D eigenvalue weighted by Gasteiger charge is 2.57. The highest BCUT2D eigenvalue weighted by atomic mass is 16.5. The Morgan fingerprint density at radius 2 is 2.07 bits per heavy atom. The molecule has 0 aromatic heterocycles. The highest BCUT2D eigenvalue weighted by molar-refractivity contribution is 5.77. The van der Waals surface area contributed by atoms with E-state index in [9.17, 15) is 9.90 Å². The van der Waals surface area contributed by atoms with Gasteiger partial charge < -0.3 is 14.6 Å². The third kappa shape index (κ3) is 2.01. The van der Waals surface area contributed by atoms with E-state index in [0.717, 1.165) is 0 Å². The third-order valence-corrected chi connectivity index (χ3v) is 3.41. The van der Waals surface area contributed by atoms with Crippen molar-refractivity contribution < 1.29 is 19.4 Å². The van der Waals surface area contributed by atoms with Gasteiger partial charge in [-0.1, -0.05) is 0 Å². The van der Waals surface area contributed by atoms with Crippen molar-refractivity contribution in [1.82, 2.24) is 0 Å². The second-order valence-electron chi connectivity index (χ2n) is 4.64. The summed E-state index contributed by atoms with van der Waals surface area (Å²) in [7, 11) is 1.61. The molecule has 0 aromatic carbocycles. The molecule has 4 nitrogen and oxygen atoms in total. The summed E-state index contributed by atoms with van der Waals surface area (Å²) in [5.41, 5.74) is -1.85. The number of rotatable bonds is 4. The molecule has 0 aromatic rings. The molecule has 0 amide bonds. The van der Waals surface area contributed by atoms with Crippen LogP contribution < -0.4 is 0 Å². The second kappa shape index (κ2) is 4.10. The van der Waals surface area contributed by atoms with Gasteiger partial charge in [0, 0.05) is 20.0 Å². The molecule has 1 aliphatic rings. The fourth-order valence-corrected chi connectivity index (χ4v) is 1.87. The van der Waals surface area contributed by atoms with E-state index in [1.807, 2.05) is 0 Å². The lowest BCUT2D eigenvalue weighted by molar-refractivity contribution is -0.206. The van der Waals surface area contributed by atoms with Crippen molar-refractivity contribution in [2.75, 3.05) is 13.7 Å². The van der Waals surface area contributed by atoms with E-state index in [0.29, 0.717) is 19.4 Å². The van der Waals surface area contributed by atoms with Crippen LogP contribution in [0, 0.1) is 5.41 Å². The van der Waals surface area contributed by atoms with E-state index in [1.54, 1.807) is 27.9 Å². The Bertz CT molecular complexity index is 241. The Kier molecular flexibility index (Phi) is 3.41. The first-order valence-corrected chi connectivity index (χ1v) is 5.30. The molecular formula is C11H20O4. The number of aliphatic hydroxyl groups is 1. The van der Waals surface area contributed by atoms with Gasteiger partial charge in [0.1, 0.15) is 0 Å². The quantitative estimate of drug-likeness (QED) is 0.715. The van der Waals surface area contributed by atoms with E-state index in [2.05, 4.69) is 0 Å². The van der Waals surface area contributed by atoms with Gasteiger partial charge in [-0.15, -0.1) is 0 Å². The minimum absolute atomic E-state index is 0.0590. The number of ether oxygens (including phenoxy) is 2. The highest BCUT2D eigenvalue weighted by Crippen LogP contribution is 2.47. The zero-order valence-electron chi connectivity index (χ0n) is 9.87. The lowest BCUT2D eigenvalue weighted by atomic mass is 9.61. The number of carbonyl (C=O) groups excluding carboxylic acids is 1. The minimum atomic E-state index is -0.986. The van der Waals surface area contributed by atoms with Crippen molar-refractivity contribution in [1.29, 1.82) is 0 Å². The number of hydrogen-bond donors (Lipinski definition) is 1. The Balaban J connectivity index is 2.66. The molecule has 1 N–H and O–H groups in total. The van der Waals surface area contributed by atoms with Crippen LogP contribution in [0.1, 0.15) is 33.6 Å². The molecule has 0 spiro atoms. The predicted octanol–water partition coefficient (Wildman–Crippen LogP) is 1.12. The zero-order chi connectivity index (χ0) is 11.7. The number of carbonyl (C=O) groups is 1. The largest absolute Gasteiger partial charge is 0.465 e. The fraction of sp³-hybridized carbons (Fsp3) is 0.909. The maximum atomic E-state index is 11.7. The lowest BCUT2D eigenvalue weighted by Crippen LogP contribution is -2.60. The summed E-state index contributed by atoms with van der Waals surface area (Å²) >= 11 is 0. The van der Waals surface area contributed by atoms with E-state index < -0.39 is 11.0 Å². The zero-order valence-corrected chi connectivity index (χ0v) is 9.87. The van der Waals surface area contributed by atoms with Crippen molar-refractivity contribution in [2.45, 2.75) is 45.3 Å². The molecule has 0 atom stereocenters. The van der Waals surface area contributed by atoms with Crippen LogP contribution in [-0.4, -0.2) is 36.5 Å². The first-order chi connectivity index (χ1) is 6.87. The van der Waals surface area contributed by atoms with Crippen molar-refractivity contribution in [2.24, 2.45) is 5.41 Å². The maximum absolute atomic E-state index is 11.7. The van der Waals surface area contributed by atoms with Crippen LogP contribution in [0.5, 0.6) is 0 Å². The second-order valence-corrected chi connectivity index (χ2v) is 4.64. The molecular weight excluding hydrogens is 196 g/mol. The van der Waals surface area contributed by atoms with Gasteiger partial charge in [-0.3, -0.25) is 4.79 Å². The molecule has 88 valence electrons. The van der Waals surface area contributed by atoms with Gasteiger partial charge in [0.25, 0.3) is 0 Å². The monoisotopic (exact) mass is 216 g/mol. The standard InChI is InChI=1S/C11H20O4/c1-5-15-9(12)10(2,3)11(13)6-8(7-11)14-4/h8,13H,5-7H2,1-4H3. The summed E-state index contributed by atoms with van der Waals surface area (Å²) in [6.45, 7) is 5.54. The van der Waals surface area contributed by atoms with Gasteiger partial charge >= 0.3 is 5.97 Å². The van der Waals surface area contributed by atoms with Gasteiger partial charge in [0.2, 0.25) is 0 Å². The first kappa shape index (κ1) is 12.5. The Hall–Kier alpha value is -0.610. The Labute approximate surface area is 90.6 Å². The molecule has 0 saturated heterocycles. The van der Waals surface area contributed by atoms with Crippen LogP contribution in [0.3, 0.4) is 0 Å². The van der Waals surface area contributed by atoms with Gasteiger partial charge in [0.05, 0.1) is 23.7 Å². The van der Waals surface area contributed by atoms with Crippen molar-refractivity contribution in [3.63, 3.8) is 0 Å². The molecule has 0 heterocycles. The summed E-state index contributed by atoms with van der Waals surface area (Å²) < 4.78 is 10.1. The predicted molar refractivity (Wildman–Crippen MR) is 55.4 cm³/mol. The van der Waals surface area contributed by atoms with Crippen LogP contribution in [0.2, 0.25) is 0 Å². The van der Waals surface area contributed by atoms with Gasteiger partial charge in [0.15, 0.2) is 0 Å². The molecule has 1 saturated carbocycles. The van der Waals surface area contributed by atoms with Gasteiger partial charge in [-0.25, -0.2) is 0 Å². The van der Waals surface area contributed by atoms with Gasteiger partial charge in [-0.2, -0.15) is 0 Å². The topological polar surface area (TPSA) is 55.8 Å². The number of hydrogen-bond acceptors (Lipinski definition) is 4. The Morgan fingerprint density at radius 1 is 1.53 bits per heavy atom.